The summed E-state index contributed by atoms with van der Waals surface area (Å²) in [6, 6.07) is 18.7. The molecule has 3 aromatic rings. The summed E-state index contributed by atoms with van der Waals surface area (Å²) in [5, 5.41) is 9.56. The van der Waals surface area contributed by atoms with Crippen molar-refractivity contribution in [3.05, 3.63) is 88.5 Å². The van der Waals surface area contributed by atoms with Gasteiger partial charge in [0.05, 0.1) is 11.6 Å². The number of allylic oxidation sites excluding steroid dienone is 1. The van der Waals surface area contributed by atoms with Gasteiger partial charge in [-0.05, 0) is 67.3 Å². The van der Waals surface area contributed by atoms with Gasteiger partial charge in [0, 0.05) is 17.1 Å². The maximum absolute atomic E-state index is 13.2. The maximum atomic E-state index is 13.2. The van der Waals surface area contributed by atoms with Crippen LogP contribution in [0.4, 0.5) is 4.39 Å². The van der Waals surface area contributed by atoms with Gasteiger partial charge in [-0.1, -0.05) is 37.3 Å². The minimum Gasteiger partial charge on any atom is -0.318 e. The Kier molecular flexibility index (Phi) is 5.04. The van der Waals surface area contributed by atoms with Gasteiger partial charge in [-0.2, -0.15) is 5.26 Å². The molecule has 130 valence electrons. The Balaban J connectivity index is 2.10. The van der Waals surface area contributed by atoms with E-state index in [0.29, 0.717) is 11.1 Å². The van der Waals surface area contributed by atoms with Crippen molar-refractivity contribution >= 4 is 11.6 Å². The number of nitriles is 1. The zero-order valence-corrected chi connectivity index (χ0v) is 15.3. The second kappa shape index (κ2) is 7.41. The predicted octanol–water partition coefficient (Wildman–Crippen LogP) is 5.86. The monoisotopic (exact) mass is 344 g/mol. The highest BCUT2D eigenvalue weighted by Gasteiger charge is 2.13. The Hall–Kier alpha value is -3.12. The van der Waals surface area contributed by atoms with Gasteiger partial charge in [0.2, 0.25) is 0 Å². The summed E-state index contributed by atoms with van der Waals surface area (Å²) in [4.78, 5) is 0. The van der Waals surface area contributed by atoms with E-state index in [9.17, 15) is 9.65 Å². The summed E-state index contributed by atoms with van der Waals surface area (Å²) in [5.74, 6) is -0.305. The van der Waals surface area contributed by atoms with Crippen LogP contribution >= 0.6 is 0 Å². The first-order valence-corrected chi connectivity index (χ1v) is 8.70. The summed E-state index contributed by atoms with van der Waals surface area (Å²) in [5.41, 5.74) is 6.88. The molecule has 0 aliphatic rings. The molecule has 0 saturated carbocycles. The first kappa shape index (κ1) is 17.7. The van der Waals surface area contributed by atoms with Crippen LogP contribution in [0.15, 0.2) is 54.6 Å². The first-order valence-electron chi connectivity index (χ1n) is 8.70. The quantitative estimate of drug-likeness (QED) is 0.545. The Morgan fingerprint density at radius 1 is 1.12 bits per heavy atom. The van der Waals surface area contributed by atoms with Crippen molar-refractivity contribution in [3.8, 4) is 11.8 Å². The van der Waals surface area contributed by atoms with Crippen molar-refractivity contribution < 1.29 is 4.39 Å². The summed E-state index contributed by atoms with van der Waals surface area (Å²) in [6.07, 6.45) is 2.83. The third-order valence-electron chi connectivity index (χ3n) is 4.66. The summed E-state index contributed by atoms with van der Waals surface area (Å²) in [6.45, 7) is 6.28. The number of nitrogens with zero attached hydrogens (tertiary/aromatic N) is 2. The molecule has 0 bridgehead atoms. The van der Waals surface area contributed by atoms with Crippen LogP contribution < -0.4 is 0 Å². The lowest BCUT2D eigenvalue weighted by Gasteiger charge is -2.14. The third-order valence-corrected chi connectivity index (χ3v) is 4.66. The van der Waals surface area contributed by atoms with Crippen LogP contribution in [0, 0.1) is 31.0 Å². The molecule has 1 aromatic heterocycles. The zero-order chi connectivity index (χ0) is 18.7. The molecule has 26 heavy (non-hydrogen) atoms. The van der Waals surface area contributed by atoms with Crippen molar-refractivity contribution in [1.82, 2.24) is 4.57 Å². The van der Waals surface area contributed by atoms with E-state index in [2.05, 4.69) is 55.7 Å². The van der Waals surface area contributed by atoms with Gasteiger partial charge in [0.15, 0.2) is 0 Å². The zero-order valence-electron chi connectivity index (χ0n) is 15.3. The van der Waals surface area contributed by atoms with Crippen LogP contribution in [0.3, 0.4) is 0 Å². The molecule has 0 amide bonds. The molecule has 0 spiro atoms. The van der Waals surface area contributed by atoms with E-state index in [1.165, 1.54) is 23.4 Å². The maximum Gasteiger partial charge on any atom is 0.123 e. The number of hydrogen-bond donors (Lipinski definition) is 0. The highest BCUT2D eigenvalue weighted by Crippen LogP contribution is 2.27. The van der Waals surface area contributed by atoms with Gasteiger partial charge in [-0.3, -0.25) is 0 Å². The number of benzene rings is 2. The third kappa shape index (κ3) is 3.32. The van der Waals surface area contributed by atoms with Crippen molar-refractivity contribution in [2.24, 2.45) is 0 Å². The van der Waals surface area contributed by atoms with Crippen LogP contribution in [0.5, 0.6) is 0 Å². The lowest BCUT2D eigenvalue weighted by molar-refractivity contribution is 0.627. The van der Waals surface area contributed by atoms with Crippen LogP contribution in [0.2, 0.25) is 0 Å². The summed E-state index contributed by atoms with van der Waals surface area (Å²) >= 11 is 0. The molecule has 0 N–H and O–H groups in total. The standard InChI is InChI=1S/C23H21FN2/c1-4-18-7-5-6-8-23(18)26-16(2)13-20(17(26)3)14-21(15-25)19-9-11-22(24)12-10-19/h5-14H,4H2,1-3H3/b21-14-. The Labute approximate surface area is 153 Å². The molecule has 2 aromatic carbocycles. The fourth-order valence-corrected chi connectivity index (χ4v) is 3.30. The number of para-hydroxylation sites is 1. The molecule has 3 rings (SSSR count). The molecule has 0 unspecified atom stereocenters. The molecular formula is C23H21FN2. The number of hydrogen-bond acceptors (Lipinski definition) is 1. The van der Waals surface area contributed by atoms with Crippen molar-refractivity contribution in [3.63, 3.8) is 0 Å². The van der Waals surface area contributed by atoms with Gasteiger partial charge in [-0.15, -0.1) is 0 Å². The van der Waals surface area contributed by atoms with E-state index in [0.717, 1.165) is 23.4 Å². The van der Waals surface area contributed by atoms with Crippen LogP contribution in [0.25, 0.3) is 17.3 Å². The van der Waals surface area contributed by atoms with Crippen molar-refractivity contribution in [1.29, 1.82) is 5.26 Å². The van der Waals surface area contributed by atoms with Gasteiger partial charge < -0.3 is 4.57 Å². The van der Waals surface area contributed by atoms with Gasteiger partial charge in [0.25, 0.3) is 0 Å². The van der Waals surface area contributed by atoms with E-state index >= 15 is 0 Å². The minimum atomic E-state index is -0.305. The Morgan fingerprint density at radius 2 is 1.81 bits per heavy atom. The lowest BCUT2D eigenvalue weighted by Crippen LogP contribution is -2.02. The van der Waals surface area contributed by atoms with E-state index in [-0.39, 0.29) is 5.82 Å². The fourth-order valence-electron chi connectivity index (χ4n) is 3.30. The second-order valence-corrected chi connectivity index (χ2v) is 6.32. The Morgan fingerprint density at radius 3 is 2.46 bits per heavy atom. The first-order chi connectivity index (χ1) is 12.5. The average Bonchev–Trinajstić information content (AvgIpc) is 2.93. The van der Waals surface area contributed by atoms with E-state index in [1.54, 1.807) is 12.1 Å². The summed E-state index contributed by atoms with van der Waals surface area (Å²) in [7, 11) is 0. The molecule has 3 heteroatoms. The fraction of sp³-hybridized carbons (Fsp3) is 0.174. The molecular weight excluding hydrogens is 323 g/mol. The normalized spacial score (nSPS) is 11.4. The lowest BCUT2D eigenvalue weighted by atomic mass is 10.0. The van der Waals surface area contributed by atoms with Crippen molar-refractivity contribution in [2.45, 2.75) is 27.2 Å². The van der Waals surface area contributed by atoms with Gasteiger partial charge >= 0.3 is 0 Å². The Bertz CT molecular complexity index is 1000. The van der Waals surface area contributed by atoms with Gasteiger partial charge in [-0.25, -0.2) is 4.39 Å². The van der Waals surface area contributed by atoms with Crippen LogP contribution in [-0.4, -0.2) is 4.57 Å². The molecule has 0 fully saturated rings. The molecule has 0 radical (unpaired) electrons. The van der Waals surface area contributed by atoms with E-state index in [4.69, 9.17) is 0 Å². The molecule has 0 aliphatic heterocycles. The van der Waals surface area contributed by atoms with Crippen LogP contribution in [0.1, 0.15) is 35.0 Å². The number of aryl methyl sites for hydroxylation is 2. The molecule has 1 heterocycles. The highest BCUT2D eigenvalue weighted by atomic mass is 19.1. The smallest absolute Gasteiger partial charge is 0.123 e. The van der Waals surface area contributed by atoms with E-state index < -0.39 is 0 Å². The average molecular weight is 344 g/mol. The molecule has 0 aliphatic carbocycles. The second-order valence-electron chi connectivity index (χ2n) is 6.32. The minimum absolute atomic E-state index is 0.305. The molecule has 2 nitrogen and oxygen atoms in total. The number of rotatable bonds is 4. The SMILES string of the molecule is CCc1ccccc1-n1c(C)cc(/C=C(/C#N)c2ccc(F)cc2)c1C. The predicted molar refractivity (Wildman–Crippen MR) is 105 cm³/mol. The highest BCUT2D eigenvalue weighted by molar-refractivity contribution is 5.90. The van der Waals surface area contributed by atoms with Gasteiger partial charge in [0.1, 0.15) is 5.82 Å². The number of halogens is 1. The summed E-state index contributed by atoms with van der Waals surface area (Å²) < 4.78 is 15.4. The number of aromatic nitrogens is 1. The molecule has 0 atom stereocenters. The topological polar surface area (TPSA) is 28.7 Å². The van der Waals surface area contributed by atoms with E-state index in [1.807, 2.05) is 12.1 Å². The van der Waals surface area contributed by atoms with Crippen LogP contribution in [-0.2, 0) is 6.42 Å². The van der Waals surface area contributed by atoms with Crippen molar-refractivity contribution in [2.75, 3.05) is 0 Å². The largest absolute Gasteiger partial charge is 0.318 e. The molecule has 0 saturated heterocycles.